The number of likely N-dealkylation sites (tertiary alicyclic amines) is 1. The van der Waals surface area contributed by atoms with Crippen LogP contribution in [0.4, 0.5) is 5.69 Å². The van der Waals surface area contributed by atoms with Crippen LogP contribution in [0.1, 0.15) is 58.4 Å². The Labute approximate surface area is 164 Å². The summed E-state index contributed by atoms with van der Waals surface area (Å²) in [7, 11) is -2.52. The molecule has 0 spiro atoms. The van der Waals surface area contributed by atoms with Gasteiger partial charge < -0.3 is 15.2 Å². The molecule has 2 N–H and O–H groups in total. The van der Waals surface area contributed by atoms with Crippen LogP contribution >= 0.6 is 0 Å². The van der Waals surface area contributed by atoms with E-state index < -0.39 is 16.1 Å². The lowest BCUT2D eigenvalue weighted by atomic mass is 9.88. The number of piperidine rings is 1. The van der Waals surface area contributed by atoms with Gasteiger partial charge in [0.2, 0.25) is 0 Å². The highest BCUT2D eigenvalue weighted by molar-refractivity contribution is 7.73. The number of thiol groups is 1. The average Bonchev–Trinajstić information content (AvgIpc) is 3.08. The Balaban J connectivity index is 1.80. The second kappa shape index (κ2) is 8.65. The second-order valence-corrected chi connectivity index (χ2v) is 9.32. The molecule has 1 aliphatic rings. The smallest absolute Gasteiger partial charge is 0.161 e. The van der Waals surface area contributed by atoms with Gasteiger partial charge in [0.05, 0.1) is 0 Å². The number of nitrogens with one attached hydrogen (secondary N) is 2. The minimum absolute atomic E-state index is 0.0254. The Morgan fingerprint density at radius 3 is 2.52 bits per heavy atom. The largest absolute Gasteiger partial charge is 0.369 e. The summed E-state index contributed by atoms with van der Waals surface area (Å²) in [5, 5.41) is 3.87. The van der Waals surface area contributed by atoms with Gasteiger partial charge in [-0.1, -0.05) is 20.8 Å². The first-order chi connectivity index (χ1) is 12.9. The van der Waals surface area contributed by atoms with E-state index in [1.165, 1.54) is 30.2 Å². The molecule has 1 aromatic carbocycles. The summed E-state index contributed by atoms with van der Waals surface area (Å²) in [5.74, 6) is 0.587. The van der Waals surface area contributed by atoms with E-state index in [0.717, 1.165) is 24.3 Å². The summed E-state index contributed by atoms with van der Waals surface area (Å²) in [4.78, 5) is 5.99. The summed E-state index contributed by atoms with van der Waals surface area (Å²) in [6, 6.07) is 6.77. The molecule has 0 bridgehead atoms. The van der Waals surface area contributed by atoms with Gasteiger partial charge in [0.25, 0.3) is 0 Å². The third kappa shape index (κ3) is 4.49. The zero-order valence-electron chi connectivity index (χ0n) is 16.9. The van der Waals surface area contributed by atoms with E-state index in [-0.39, 0.29) is 5.92 Å². The molecule has 27 heavy (non-hydrogen) atoms. The van der Waals surface area contributed by atoms with Gasteiger partial charge in [-0.3, -0.25) is 0 Å². The zero-order chi connectivity index (χ0) is 19.6. The molecule has 1 fully saturated rings. The van der Waals surface area contributed by atoms with E-state index in [9.17, 15) is 8.42 Å². The molecule has 1 aliphatic heterocycles. The molecule has 1 aromatic heterocycles. The highest BCUT2D eigenvalue weighted by Crippen LogP contribution is 2.35. The first kappa shape index (κ1) is 20.2. The molecule has 0 radical (unpaired) electrons. The Hall–Kier alpha value is -1.53. The summed E-state index contributed by atoms with van der Waals surface area (Å²) < 4.78 is 23.1. The number of H-pyrrole nitrogens is 1. The molecule has 1 saturated heterocycles. The van der Waals surface area contributed by atoms with Crippen molar-refractivity contribution in [3.05, 3.63) is 30.0 Å². The number of hydrogen-bond donors (Lipinski definition) is 3. The maximum atomic E-state index is 11.5. The number of hydrogen-bond acceptors (Lipinski definition) is 4. The van der Waals surface area contributed by atoms with Crippen molar-refractivity contribution in [1.29, 1.82) is 0 Å². The number of benzene rings is 1. The quantitative estimate of drug-likeness (QED) is 0.620. The first-order valence-electron chi connectivity index (χ1n) is 10.2. The van der Waals surface area contributed by atoms with Crippen molar-refractivity contribution in [2.75, 3.05) is 18.4 Å². The SMILES string of the molecule is CCC(C)N1CCC(c2c[nH]c3ccc(NC(C(C)C)[SH](=O)=O)cc23)CC1. The molecule has 6 heteroatoms. The van der Waals surface area contributed by atoms with E-state index in [1.54, 1.807) is 0 Å². The number of anilines is 1. The predicted molar refractivity (Wildman–Crippen MR) is 114 cm³/mol. The Morgan fingerprint density at radius 1 is 1.22 bits per heavy atom. The van der Waals surface area contributed by atoms with Crippen LogP contribution in [0.25, 0.3) is 10.9 Å². The maximum absolute atomic E-state index is 11.5. The predicted octanol–water partition coefficient (Wildman–Crippen LogP) is 4.15. The van der Waals surface area contributed by atoms with Crippen LogP contribution in [0, 0.1) is 5.92 Å². The van der Waals surface area contributed by atoms with Crippen molar-refractivity contribution >= 4 is 27.3 Å². The van der Waals surface area contributed by atoms with E-state index in [0.29, 0.717) is 12.0 Å². The van der Waals surface area contributed by atoms with Gasteiger partial charge in [0.15, 0.2) is 10.7 Å². The van der Waals surface area contributed by atoms with Gasteiger partial charge in [0, 0.05) is 28.8 Å². The van der Waals surface area contributed by atoms with E-state index in [4.69, 9.17) is 0 Å². The van der Waals surface area contributed by atoms with E-state index >= 15 is 0 Å². The standard InChI is InChI=1S/C21H33N3O2S/c1-5-15(4)24-10-8-16(9-11-24)19-13-22-20-7-6-17(12-18(19)20)23-21(14(2)3)27(25)26/h6-7,12-16,21-23,27H,5,8-11H2,1-4H3. The van der Waals surface area contributed by atoms with Crippen molar-refractivity contribution in [3.8, 4) is 0 Å². The lowest BCUT2D eigenvalue weighted by Gasteiger charge is -2.35. The van der Waals surface area contributed by atoms with Gasteiger partial charge in [-0.2, -0.15) is 0 Å². The van der Waals surface area contributed by atoms with Crippen LogP contribution in [-0.4, -0.2) is 42.8 Å². The molecule has 2 unspecified atom stereocenters. The van der Waals surface area contributed by atoms with Crippen LogP contribution < -0.4 is 5.32 Å². The Kier molecular flexibility index (Phi) is 6.48. The minimum Gasteiger partial charge on any atom is -0.369 e. The molecule has 2 heterocycles. The van der Waals surface area contributed by atoms with Crippen molar-refractivity contribution in [2.24, 2.45) is 5.92 Å². The molecule has 0 saturated carbocycles. The van der Waals surface area contributed by atoms with Crippen LogP contribution in [0.15, 0.2) is 24.4 Å². The molecule has 2 aromatic rings. The molecular formula is C21H33N3O2S. The molecular weight excluding hydrogens is 358 g/mol. The van der Waals surface area contributed by atoms with Gasteiger partial charge in [-0.05, 0) is 74.9 Å². The number of aromatic amines is 1. The third-order valence-corrected chi connectivity index (χ3v) is 7.25. The maximum Gasteiger partial charge on any atom is 0.161 e. The molecule has 3 rings (SSSR count). The van der Waals surface area contributed by atoms with Crippen molar-refractivity contribution < 1.29 is 8.42 Å². The Morgan fingerprint density at radius 2 is 1.93 bits per heavy atom. The van der Waals surface area contributed by atoms with Crippen molar-refractivity contribution in [1.82, 2.24) is 9.88 Å². The van der Waals surface area contributed by atoms with Crippen LogP contribution in [-0.2, 0) is 10.7 Å². The van der Waals surface area contributed by atoms with Crippen molar-refractivity contribution in [2.45, 2.75) is 64.3 Å². The van der Waals surface area contributed by atoms with E-state index in [1.807, 2.05) is 26.0 Å². The normalized spacial score (nSPS) is 19.0. The minimum atomic E-state index is -2.52. The van der Waals surface area contributed by atoms with Gasteiger partial charge in [-0.15, -0.1) is 0 Å². The van der Waals surface area contributed by atoms with Crippen LogP contribution in [0.3, 0.4) is 0 Å². The summed E-state index contributed by atoms with van der Waals surface area (Å²) in [5.41, 5.74) is 3.36. The highest BCUT2D eigenvalue weighted by Gasteiger charge is 2.25. The average molecular weight is 392 g/mol. The fourth-order valence-corrected chi connectivity index (χ4v) is 4.85. The number of nitrogens with zero attached hydrogens (tertiary/aromatic N) is 1. The lowest BCUT2D eigenvalue weighted by molar-refractivity contribution is 0.158. The molecule has 150 valence electrons. The van der Waals surface area contributed by atoms with Gasteiger partial charge >= 0.3 is 0 Å². The number of rotatable bonds is 7. The summed E-state index contributed by atoms with van der Waals surface area (Å²) in [6.07, 6.45) is 5.70. The first-order valence-corrected chi connectivity index (χ1v) is 11.4. The summed E-state index contributed by atoms with van der Waals surface area (Å²) >= 11 is 0. The monoisotopic (exact) mass is 391 g/mol. The van der Waals surface area contributed by atoms with Gasteiger partial charge in [-0.25, -0.2) is 8.42 Å². The number of aromatic nitrogens is 1. The van der Waals surface area contributed by atoms with E-state index in [2.05, 4.69) is 41.3 Å². The summed E-state index contributed by atoms with van der Waals surface area (Å²) in [6.45, 7) is 10.7. The van der Waals surface area contributed by atoms with Gasteiger partial charge in [0.1, 0.15) is 5.37 Å². The van der Waals surface area contributed by atoms with Crippen LogP contribution in [0.5, 0.6) is 0 Å². The molecule has 2 atom stereocenters. The van der Waals surface area contributed by atoms with Crippen molar-refractivity contribution in [3.63, 3.8) is 0 Å². The lowest BCUT2D eigenvalue weighted by Crippen LogP contribution is -2.39. The fraction of sp³-hybridized carbons (Fsp3) is 0.619. The highest BCUT2D eigenvalue weighted by atomic mass is 32.2. The second-order valence-electron chi connectivity index (χ2n) is 8.19. The molecule has 0 amide bonds. The number of fused-ring (bicyclic) bond motifs is 1. The zero-order valence-corrected chi connectivity index (χ0v) is 17.8. The molecule has 0 aliphatic carbocycles. The third-order valence-electron chi connectivity index (χ3n) is 6.07. The topological polar surface area (TPSA) is 65.2 Å². The molecule has 5 nitrogen and oxygen atoms in total. The van der Waals surface area contributed by atoms with Crippen LogP contribution in [0.2, 0.25) is 0 Å². The fourth-order valence-electron chi connectivity index (χ4n) is 4.11. The Bertz CT molecular complexity index is 827.